The molecule has 3 aromatic rings. The molecule has 0 saturated carbocycles. The van der Waals surface area contributed by atoms with Gasteiger partial charge in [0.25, 0.3) is 0 Å². The zero-order valence-corrected chi connectivity index (χ0v) is 19.3. The number of hydrogen-bond donors (Lipinski definition) is 2. The lowest BCUT2D eigenvalue weighted by Crippen LogP contribution is -2.41. The molecule has 0 unspecified atom stereocenters. The number of rotatable bonds is 6. The van der Waals surface area contributed by atoms with E-state index >= 15 is 0 Å². The molecule has 0 aliphatic carbocycles. The highest BCUT2D eigenvalue weighted by Crippen LogP contribution is 2.28. The quantitative estimate of drug-likeness (QED) is 0.575. The first-order chi connectivity index (χ1) is 15.6. The van der Waals surface area contributed by atoms with Gasteiger partial charge in [0.15, 0.2) is 0 Å². The third-order valence-corrected chi connectivity index (χ3v) is 5.50. The minimum absolute atomic E-state index is 0.00830. The van der Waals surface area contributed by atoms with E-state index in [2.05, 4.69) is 58.3 Å². The van der Waals surface area contributed by atoms with Gasteiger partial charge in [0.1, 0.15) is 24.5 Å². The normalized spacial score (nSPS) is 18.2. The Balaban J connectivity index is 1.51. The second kappa shape index (κ2) is 8.78. The van der Waals surface area contributed by atoms with Crippen LogP contribution in [0.3, 0.4) is 0 Å². The highest BCUT2D eigenvalue weighted by Gasteiger charge is 2.38. The Labute approximate surface area is 192 Å². The summed E-state index contributed by atoms with van der Waals surface area (Å²) in [5.74, 6) is 1.48. The Hall–Kier alpha value is -3.53. The largest absolute Gasteiger partial charge is 0.447 e. The Morgan fingerprint density at radius 3 is 2.73 bits per heavy atom. The molecule has 0 radical (unpaired) electrons. The lowest BCUT2D eigenvalue weighted by Gasteiger charge is -2.22. The molecule has 1 amide bonds. The van der Waals surface area contributed by atoms with E-state index in [-0.39, 0.29) is 24.0 Å². The van der Waals surface area contributed by atoms with Gasteiger partial charge in [0.05, 0.1) is 6.10 Å². The number of benzene rings is 1. The summed E-state index contributed by atoms with van der Waals surface area (Å²) in [6, 6.07) is 8.76. The van der Waals surface area contributed by atoms with Crippen LogP contribution in [0.5, 0.6) is 0 Å². The number of hydrogen-bond acceptors (Lipinski definition) is 9. The molecule has 10 nitrogen and oxygen atoms in total. The monoisotopic (exact) mass is 452 g/mol. The van der Waals surface area contributed by atoms with Crippen molar-refractivity contribution in [2.24, 2.45) is 0 Å². The van der Waals surface area contributed by atoms with Crippen LogP contribution < -0.4 is 10.2 Å². The third-order valence-electron chi connectivity index (χ3n) is 5.50. The number of aliphatic hydroxyl groups excluding tert-OH is 1. The van der Waals surface area contributed by atoms with Gasteiger partial charge >= 0.3 is 6.09 Å². The van der Waals surface area contributed by atoms with Crippen molar-refractivity contribution in [3.8, 4) is 11.4 Å². The fourth-order valence-corrected chi connectivity index (χ4v) is 3.52. The van der Waals surface area contributed by atoms with Gasteiger partial charge in [-0.3, -0.25) is 4.90 Å². The molecular formula is C23H28N6O4. The maximum Gasteiger partial charge on any atom is 0.416 e. The van der Waals surface area contributed by atoms with E-state index in [4.69, 9.17) is 9.26 Å². The minimum Gasteiger partial charge on any atom is -0.447 e. The Morgan fingerprint density at radius 2 is 2.00 bits per heavy atom. The van der Waals surface area contributed by atoms with E-state index in [1.54, 1.807) is 13.0 Å². The van der Waals surface area contributed by atoms with Crippen molar-refractivity contribution in [3.05, 3.63) is 48.0 Å². The Kier molecular flexibility index (Phi) is 6.03. The van der Waals surface area contributed by atoms with Gasteiger partial charge in [-0.2, -0.15) is 9.97 Å². The van der Waals surface area contributed by atoms with Crippen LogP contribution in [0.4, 0.5) is 16.6 Å². The van der Waals surface area contributed by atoms with Crippen LogP contribution in [0.1, 0.15) is 52.1 Å². The summed E-state index contributed by atoms with van der Waals surface area (Å²) in [5, 5.41) is 17.2. The molecule has 0 bridgehead atoms. The maximum absolute atomic E-state index is 12.1. The average Bonchev–Trinajstić information content (AvgIpc) is 3.41. The molecule has 1 aliphatic heterocycles. The summed E-state index contributed by atoms with van der Waals surface area (Å²) in [6.45, 7) is 10.0. The summed E-state index contributed by atoms with van der Waals surface area (Å²) < 4.78 is 10.5. The predicted molar refractivity (Wildman–Crippen MR) is 122 cm³/mol. The fraction of sp³-hybridized carbons (Fsp3) is 0.435. The van der Waals surface area contributed by atoms with Crippen molar-refractivity contribution >= 4 is 17.9 Å². The molecule has 33 heavy (non-hydrogen) atoms. The van der Waals surface area contributed by atoms with Crippen molar-refractivity contribution in [1.29, 1.82) is 0 Å². The molecule has 2 N–H and O–H groups in total. The van der Waals surface area contributed by atoms with E-state index in [1.807, 2.05) is 19.1 Å². The topological polar surface area (TPSA) is 127 Å². The molecule has 10 heteroatoms. The van der Waals surface area contributed by atoms with Crippen molar-refractivity contribution in [1.82, 2.24) is 20.1 Å². The van der Waals surface area contributed by atoms with Crippen LogP contribution in [0.25, 0.3) is 11.4 Å². The van der Waals surface area contributed by atoms with Gasteiger partial charge in [-0.15, -0.1) is 0 Å². The van der Waals surface area contributed by atoms with Crippen molar-refractivity contribution in [2.45, 2.75) is 58.2 Å². The van der Waals surface area contributed by atoms with Crippen LogP contribution in [0.2, 0.25) is 0 Å². The highest BCUT2D eigenvalue weighted by atomic mass is 16.6. The second-order valence-electron chi connectivity index (χ2n) is 9.15. The van der Waals surface area contributed by atoms with E-state index in [1.165, 1.54) is 16.7 Å². The zero-order valence-electron chi connectivity index (χ0n) is 19.3. The summed E-state index contributed by atoms with van der Waals surface area (Å²) in [6.07, 6.45) is 0.201. The number of carbonyl (C=O) groups is 1. The van der Waals surface area contributed by atoms with E-state index in [0.717, 1.165) is 5.56 Å². The highest BCUT2D eigenvalue weighted by molar-refractivity contribution is 5.89. The standard InChI is InChI=1S/C23H28N6O4/c1-13(20-27-19(28-33-20)15-7-6-8-16(11-15)23(3,4)5)25-21-24-10-9-18(26-21)29-17(14(2)30)12-32-22(29)31/h6-11,13-14,17,30H,12H2,1-5H3,(H,24,25,26)/t13-,14+,17+/m0/s1. The number of nitrogens with zero attached hydrogens (tertiary/aromatic N) is 5. The second-order valence-corrected chi connectivity index (χ2v) is 9.15. The first-order valence-corrected chi connectivity index (χ1v) is 10.8. The van der Waals surface area contributed by atoms with Crippen LogP contribution >= 0.6 is 0 Å². The molecular weight excluding hydrogens is 424 g/mol. The summed E-state index contributed by atoms with van der Waals surface area (Å²) >= 11 is 0. The lowest BCUT2D eigenvalue weighted by atomic mass is 9.86. The fourth-order valence-electron chi connectivity index (χ4n) is 3.52. The van der Waals surface area contributed by atoms with Crippen molar-refractivity contribution in [3.63, 3.8) is 0 Å². The first kappa shape index (κ1) is 22.7. The first-order valence-electron chi connectivity index (χ1n) is 10.8. The van der Waals surface area contributed by atoms with Gasteiger partial charge in [-0.25, -0.2) is 9.78 Å². The van der Waals surface area contributed by atoms with Crippen molar-refractivity contribution in [2.75, 3.05) is 16.8 Å². The third kappa shape index (κ3) is 4.80. The van der Waals surface area contributed by atoms with E-state index in [9.17, 15) is 9.90 Å². The maximum atomic E-state index is 12.1. The summed E-state index contributed by atoms with van der Waals surface area (Å²) in [5.41, 5.74) is 2.06. The number of cyclic esters (lactones) is 1. The molecule has 1 saturated heterocycles. The minimum atomic E-state index is -0.768. The summed E-state index contributed by atoms with van der Waals surface area (Å²) in [4.78, 5) is 26.6. The number of aliphatic hydroxyl groups is 1. The SMILES string of the molecule is C[C@H](Nc1nccc(N2C(=O)OC[C@@H]2[C@@H](C)O)n1)c1nc(-c2cccc(C(C)(C)C)c2)no1. The molecule has 3 atom stereocenters. The molecule has 4 rings (SSSR count). The number of carbonyl (C=O) groups excluding carboxylic acids is 1. The molecule has 1 aromatic carbocycles. The van der Waals surface area contributed by atoms with Crippen molar-refractivity contribution < 1.29 is 19.2 Å². The number of ether oxygens (including phenoxy) is 1. The van der Waals surface area contributed by atoms with Crippen LogP contribution in [0.15, 0.2) is 41.1 Å². The average molecular weight is 453 g/mol. The molecule has 3 heterocycles. The van der Waals surface area contributed by atoms with Crippen LogP contribution in [0, 0.1) is 0 Å². The number of nitrogens with one attached hydrogen (secondary N) is 1. The van der Waals surface area contributed by atoms with Crippen LogP contribution in [-0.2, 0) is 10.2 Å². The number of anilines is 2. The van der Waals surface area contributed by atoms with Gasteiger partial charge in [-0.1, -0.05) is 44.1 Å². The summed E-state index contributed by atoms with van der Waals surface area (Å²) in [7, 11) is 0. The number of aromatic nitrogens is 4. The Bertz CT molecular complexity index is 1140. The molecule has 174 valence electrons. The molecule has 1 aliphatic rings. The Morgan fingerprint density at radius 1 is 1.21 bits per heavy atom. The molecule has 1 fully saturated rings. The van der Waals surface area contributed by atoms with E-state index < -0.39 is 18.2 Å². The van der Waals surface area contributed by atoms with Gasteiger partial charge in [-0.05, 0) is 37.0 Å². The molecule has 2 aromatic heterocycles. The van der Waals surface area contributed by atoms with Gasteiger partial charge in [0, 0.05) is 11.8 Å². The smallest absolute Gasteiger partial charge is 0.416 e. The zero-order chi connectivity index (χ0) is 23.8. The van der Waals surface area contributed by atoms with Gasteiger partial charge < -0.3 is 19.7 Å². The lowest BCUT2D eigenvalue weighted by molar-refractivity contribution is 0.142. The van der Waals surface area contributed by atoms with E-state index in [0.29, 0.717) is 17.5 Å². The predicted octanol–water partition coefficient (Wildman–Crippen LogP) is 3.70. The van der Waals surface area contributed by atoms with Crippen LogP contribution in [-0.4, -0.2) is 50.1 Å². The molecule has 0 spiro atoms. The number of amides is 1. The van der Waals surface area contributed by atoms with Gasteiger partial charge in [0.2, 0.25) is 17.7 Å².